The van der Waals surface area contributed by atoms with Crippen LogP contribution in [0.5, 0.6) is 0 Å². The highest BCUT2D eigenvalue weighted by molar-refractivity contribution is 5.90. The number of ketones is 1. The summed E-state index contributed by atoms with van der Waals surface area (Å²) in [7, 11) is 0. The van der Waals surface area contributed by atoms with Gasteiger partial charge in [-0.25, -0.2) is 4.89 Å². The van der Waals surface area contributed by atoms with Crippen LogP contribution >= 0.6 is 0 Å². The first-order valence-corrected chi connectivity index (χ1v) is 3.52. The molecular weight excluding hydrogens is 178 g/mol. The average Bonchev–Trinajstić information content (AvgIpc) is 2.04. The summed E-state index contributed by atoms with van der Waals surface area (Å²) in [6.45, 7) is -0.446. The average molecular weight is 189 g/mol. The van der Waals surface area contributed by atoms with E-state index in [9.17, 15) is 9.59 Å². The summed E-state index contributed by atoms with van der Waals surface area (Å²) >= 11 is 0. The quantitative estimate of drug-likeness (QED) is 0.292. The standard InChI is InChI=1S/C7H11NO5/c8-6(7(10)11)3-1-2-5(9)4-13-12/h1-2,6,12H,3-4,8H2,(H,10,11)/b2-1+. The summed E-state index contributed by atoms with van der Waals surface area (Å²) in [5, 5.41) is 16.2. The van der Waals surface area contributed by atoms with Gasteiger partial charge in [-0.15, -0.1) is 0 Å². The normalized spacial score (nSPS) is 13.1. The van der Waals surface area contributed by atoms with Crippen LogP contribution in [-0.2, 0) is 14.5 Å². The van der Waals surface area contributed by atoms with Crippen molar-refractivity contribution in [2.24, 2.45) is 5.73 Å². The van der Waals surface area contributed by atoms with Gasteiger partial charge >= 0.3 is 5.97 Å². The Kier molecular flexibility index (Phi) is 5.69. The van der Waals surface area contributed by atoms with Crippen LogP contribution < -0.4 is 5.73 Å². The Morgan fingerprint density at radius 3 is 2.62 bits per heavy atom. The molecule has 0 bridgehead atoms. The van der Waals surface area contributed by atoms with Gasteiger partial charge in [-0.1, -0.05) is 6.08 Å². The Morgan fingerprint density at radius 2 is 2.15 bits per heavy atom. The van der Waals surface area contributed by atoms with E-state index in [0.717, 1.165) is 6.08 Å². The van der Waals surface area contributed by atoms with Crippen molar-refractivity contribution in [2.75, 3.05) is 6.61 Å². The monoisotopic (exact) mass is 189 g/mol. The summed E-state index contributed by atoms with van der Waals surface area (Å²) < 4.78 is 0. The molecule has 0 radical (unpaired) electrons. The number of hydrogen-bond acceptors (Lipinski definition) is 5. The third kappa shape index (κ3) is 5.97. The van der Waals surface area contributed by atoms with Crippen molar-refractivity contribution in [3.05, 3.63) is 12.2 Å². The molecule has 0 aromatic rings. The van der Waals surface area contributed by atoms with Crippen molar-refractivity contribution in [1.82, 2.24) is 0 Å². The number of nitrogens with two attached hydrogens (primary N) is 1. The molecule has 6 nitrogen and oxygen atoms in total. The SMILES string of the molecule is NC(C/C=C/C(=O)COO)C(=O)O. The molecule has 4 N–H and O–H groups in total. The Hall–Kier alpha value is -1.24. The van der Waals surface area contributed by atoms with Gasteiger partial charge in [-0.3, -0.25) is 14.8 Å². The van der Waals surface area contributed by atoms with Crippen LogP contribution in [0.2, 0.25) is 0 Å². The van der Waals surface area contributed by atoms with E-state index in [1.807, 2.05) is 0 Å². The van der Waals surface area contributed by atoms with Crippen LogP contribution in [-0.4, -0.2) is 34.8 Å². The molecule has 13 heavy (non-hydrogen) atoms. The molecule has 0 heterocycles. The predicted octanol–water partition coefficient (Wildman–Crippen LogP) is -0.597. The molecule has 0 spiro atoms. The fourth-order valence-corrected chi connectivity index (χ4v) is 0.559. The molecular formula is C7H11NO5. The van der Waals surface area contributed by atoms with E-state index >= 15 is 0 Å². The van der Waals surface area contributed by atoms with E-state index in [1.54, 1.807) is 0 Å². The lowest BCUT2D eigenvalue weighted by Crippen LogP contribution is -2.29. The molecule has 1 unspecified atom stereocenters. The fraction of sp³-hybridized carbons (Fsp3) is 0.429. The van der Waals surface area contributed by atoms with E-state index in [1.165, 1.54) is 6.08 Å². The Labute approximate surface area is 74.5 Å². The van der Waals surface area contributed by atoms with Crippen molar-refractivity contribution in [1.29, 1.82) is 0 Å². The lowest BCUT2D eigenvalue weighted by molar-refractivity contribution is -0.236. The van der Waals surface area contributed by atoms with E-state index in [2.05, 4.69) is 4.89 Å². The summed E-state index contributed by atoms with van der Waals surface area (Å²) in [4.78, 5) is 24.4. The molecule has 0 amide bonds. The zero-order valence-corrected chi connectivity index (χ0v) is 6.84. The van der Waals surface area contributed by atoms with E-state index in [-0.39, 0.29) is 6.42 Å². The van der Waals surface area contributed by atoms with Crippen LogP contribution in [0.25, 0.3) is 0 Å². The first-order chi connectivity index (χ1) is 6.07. The molecule has 6 heteroatoms. The fourth-order valence-electron chi connectivity index (χ4n) is 0.559. The second-order valence-electron chi connectivity index (χ2n) is 2.32. The van der Waals surface area contributed by atoms with Crippen LogP contribution in [0.4, 0.5) is 0 Å². The van der Waals surface area contributed by atoms with Crippen molar-refractivity contribution in [3.8, 4) is 0 Å². The molecule has 0 fully saturated rings. The minimum Gasteiger partial charge on any atom is -0.480 e. The van der Waals surface area contributed by atoms with Crippen molar-refractivity contribution >= 4 is 11.8 Å². The summed E-state index contributed by atoms with van der Waals surface area (Å²) in [5.74, 6) is -1.59. The van der Waals surface area contributed by atoms with Gasteiger partial charge in [-0.05, 0) is 12.5 Å². The Bertz CT molecular complexity index is 213. The lowest BCUT2D eigenvalue weighted by atomic mass is 10.2. The van der Waals surface area contributed by atoms with Gasteiger partial charge in [0, 0.05) is 0 Å². The molecule has 0 saturated heterocycles. The highest BCUT2D eigenvalue weighted by atomic mass is 17.1. The second kappa shape index (κ2) is 6.30. The van der Waals surface area contributed by atoms with Gasteiger partial charge < -0.3 is 10.8 Å². The number of rotatable bonds is 6. The number of carboxylic acid groups (broad SMARTS) is 1. The van der Waals surface area contributed by atoms with E-state index < -0.39 is 24.4 Å². The van der Waals surface area contributed by atoms with Gasteiger partial charge in [0.25, 0.3) is 0 Å². The molecule has 0 aliphatic carbocycles. The number of hydrogen-bond donors (Lipinski definition) is 3. The minimum atomic E-state index is -1.13. The molecule has 0 aliphatic rings. The summed E-state index contributed by atoms with van der Waals surface area (Å²) in [6, 6.07) is -1.01. The van der Waals surface area contributed by atoms with E-state index in [0.29, 0.717) is 0 Å². The number of carbonyl (C=O) groups excluding carboxylic acids is 1. The first-order valence-electron chi connectivity index (χ1n) is 3.52. The zero-order chi connectivity index (χ0) is 10.3. The molecule has 0 rings (SSSR count). The Balaban J connectivity index is 3.74. The summed E-state index contributed by atoms with van der Waals surface area (Å²) in [6.07, 6.45) is 2.49. The minimum absolute atomic E-state index is 0.0620. The predicted molar refractivity (Wildman–Crippen MR) is 43.0 cm³/mol. The second-order valence-corrected chi connectivity index (χ2v) is 2.32. The largest absolute Gasteiger partial charge is 0.480 e. The highest BCUT2D eigenvalue weighted by Gasteiger charge is 2.08. The highest BCUT2D eigenvalue weighted by Crippen LogP contribution is 1.90. The topological polar surface area (TPSA) is 110 Å². The van der Waals surface area contributed by atoms with Crippen LogP contribution in [0.15, 0.2) is 12.2 Å². The molecule has 0 aromatic carbocycles. The maximum absolute atomic E-state index is 10.6. The molecule has 1 atom stereocenters. The van der Waals surface area contributed by atoms with Crippen LogP contribution in [0, 0.1) is 0 Å². The molecule has 74 valence electrons. The van der Waals surface area contributed by atoms with Gasteiger partial charge in [-0.2, -0.15) is 0 Å². The third-order valence-electron chi connectivity index (χ3n) is 1.22. The van der Waals surface area contributed by atoms with Crippen molar-refractivity contribution in [2.45, 2.75) is 12.5 Å². The van der Waals surface area contributed by atoms with E-state index in [4.69, 9.17) is 16.1 Å². The number of carbonyl (C=O) groups is 2. The smallest absolute Gasteiger partial charge is 0.320 e. The molecule has 0 aliphatic heterocycles. The zero-order valence-electron chi connectivity index (χ0n) is 6.84. The lowest BCUT2D eigenvalue weighted by Gasteiger charge is -1.99. The first kappa shape index (κ1) is 11.8. The number of carboxylic acids is 1. The van der Waals surface area contributed by atoms with Crippen molar-refractivity contribution in [3.63, 3.8) is 0 Å². The van der Waals surface area contributed by atoms with Crippen LogP contribution in [0.1, 0.15) is 6.42 Å². The number of aliphatic carboxylic acids is 1. The van der Waals surface area contributed by atoms with Crippen LogP contribution in [0.3, 0.4) is 0 Å². The Morgan fingerprint density at radius 1 is 1.54 bits per heavy atom. The van der Waals surface area contributed by atoms with Crippen molar-refractivity contribution < 1.29 is 24.8 Å². The molecule has 0 saturated carbocycles. The molecule has 0 aromatic heterocycles. The van der Waals surface area contributed by atoms with Gasteiger partial charge in [0.15, 0.2) is 5.78 Å². The maximum Gasteiger partial charge on any atom is 0.320 e. The maximum atomic E-state index is 10.6. The van der Waals surface area contributed by atoms with Gasteiger partial charge in [0.2, 0.25) is 0 Å². The van der Waals surface area contributed by atoms with Gasteiger partial charge in [0.05, 0.1) is 0 Å². The van der Waals surface area contributed by atoms with Gasteiger partial charge in [0.1, 0.15) is 12.6 Å². The summed E-state index contributed by atoms with van der Waals surface area (Å²) in [5.41, 5.74) is 5.13. The third-order valence-corrected chi connectivity index (χ3v) is 1.22.